The van der Waals surface area contributed by atoms with Gasteiger partial charge in [-0.25, -0.2) is 0 Å². The third-order valence-corrected chi connectivity index (χ3v) is 7.20. The number of carbonyl (C=O) groups excluding carboxylic acids is 2. The first-order chi connectivity index (χ1) is 17.2. The normalized spacial score (nSPS) is 11.1. The predicted molar refractivity (Wildman–Crippen MR) is 152 cm³/mol. The van der Waals surface area contributed by atoms with Crippen LogP contribution in [-0.2, 0) is 14.3 Å². The van der Waals surface area contributed by atoms with Crippen molar-refractivity contribution in [1.29, 1.82) is 0 Å². The second-order valence-corrected chi connectivity index (χ2v) is 10.8. The largest absolute Gasteiger partial charge is 0.393 e. The summed E-state index contributed by atoms with van der Waals surface area (Å²) in [4.78, 5) is 23.6. The Kier molecular flexibility index (Phi) is 28.6. The van der Waals surface area contributed by atoms with Gasteiger partial charge in [0.1, 0.15) is 0 Å². The summed E-state index contributed by atoms with van der Waals surface area (Å²) in [7, 11) is 0. The Balaban J connectivity index is 3.26. The Morgan fingerprint density at radius 3 is 0.771 bits per heavy atom. The first-order valence-electron chi connectivity index (χ1n) is 15.9. The van der Waals surface area contributed by atoms with E-state index < -0.39 is 0 Å². The Hall–Kier alpha value is -0.860. The minimum absolute atomic E-state index is 0.327. The number of rotatable bonds is 28. The second kappa shape index (κ2) is 29.4. The zero-order valence-electron chi connectivity index (χ0n) is 24.0. The molecular formula is C32H62O3. The monoisotopic (exact) mass is 494 g/mol. The summed E-state index contributed by atoms with van der Waals surface area (Å²) in [6.45, 7) is 4.52. The van der Waals surface area contributed by atoms with Gasteiger partial charge < -0.3 is 4.74 Å². The van der Waals surface area contributed by atoms with E-state index in [1.807, 2.05) is 0 Å². The number of unbranched alkanes of at least 4 members (excludes halogenated alkanes) is 24. The predicted octanol–water partition coefficient (Wildman–Crippen LogP) is 11.0. The summed E-state index contributed by atoms with van der Waals surface area (Å²) in [5, 5.41) is 0. The van der Waals surface area contributed by atoms with Crippen molar-refractivity contribution in [3.8, 4) is 0 Å². The molecule has 0 aliphatic rings. The molecule has 0 radical (unpaired) electrons. The van der Waals surface area contributed by atoms with E-state index in [0.717, 1.165) is 25.7 Å². The van der Waals surface area contributed by atoms with Crippen LogP contribution in [0.25, 0.3) is 0 Å². The van der Waals surface area contributed by atoms with E-state index in [2.05, 4.69) is 13.8 Å². The molecule has 0 aromatic carbocycles. The summed E-state index contributed by atoms with van der Waals surface area (Å²) >= 11 is 0. The van der Waals surface area contributed by atoms with E-state index in [1.165, 1.54) is 141 Å². The Morgan fingerprint density at radius 2 is 0.543 bits per heavy atom. The molecule has 0 spiro atoms. The number of ether oxygens (including phenoxy) is 1. The minimum Gasteiger partial charge on any atom is -0.393 e. The van der Waals surface area contributed by atoms with E-state index in [4.69, 9.17) is 4.74 Å². The topological polar surface area (TPSA) is 43.4 Å². The molecular weight excluding hydrogens is 432 g/mol. The minimum atomic E-state index is -0.329. The quantitative estimate of drug-likeness (QED) is 0.0617. The molecule has 3 nitrogen and oxygen atoms in total. The smallest absolute Gasteiger partial charge is 0.313 e. The first kappa shape index (κ1) is 34.1. The van der Waals surface area contributed by atoms with Gasteiger partial charge in [-0.3, -0.25) is 9.59 Å². The highest BCUT2D eigenvalue weighted by Crippen LogP contribution is 2.15. The van der Waals surface area contributed by atoms with Gasteiger partial charge >= 0.3 is 11.9 Å². The Bertz CT molecular complexity index is 446. The van der Waals surface area contributed by atoms with Gasteiger partial charge in [-0.1, -0.05) is 168 Å². The van der Waals surface area contributed by atoms with Gasteiger partial charge in [0.2, 0.25) is 0 Å². The van der Waals surface area contributed by atoms with Crippen molar-refractivity contribution >= 4 is 11.9 Å². The lowest BCUT2D eigenvalue weighted by atomic mass is 10.0. The number of esters is 2. The molecule has 0 saturated carbocycles. The lowest BCUT2D eigenvalue weighted by molar-refractivity contribution is -0.159. The summed E-state index contributed by atoms with van der Waals surface area (Å²) in [6.07, 6.45) is 34.4. The second-order valence-electron chi connectivity index (χ2n) is 10.8. The van der Waals surface area contributed by atoms with Crippen molar-refractivity contribution in [3.05, 3.63) is 0 Å². The van der Waals surface area contributed by atoms with E-state index in [1.54, 1.807) is 0 Å². The zero-order valence-corrected chi connectivity index (χ0v) is 24.0. The van der Waals surface area contributed by atoms with Crippen LogP contribution in [-0.4, -0.2) is 11.9 Å². The first-order valence-corrected chi connectivity index (χ1v) is 15.9. The summed E-state index contributed by atoms with van der Waals surface area (Å²) in [5.74, 6) is -0.656. The van der Waals surface area contributed by atoms with Crippen LogP contribution < -0.4 is 0 Å². The van der Waals surface area contributed by atoms with Gasteiger partial charge in [-0.05, 0) is 12.8 Å². The van der Waals surface area contributed by atoms with Crippen LogP contribution in [0.1, 0.15) is 194 Å². The fraction of sp³-hybridized carbons (Fsp3) is 0.938. The molecule has 0 atom stereocenters. The van der Waals surface area contributed by atoms with Gasteiger partial charge in [0.15, 0.2) is 0 Å². The molecule has 0 fully saturated rings. The van der Waals surface area contributed by atoms with Crippen molar-refractivity contribution in [3.63, 3.8) is 0 Å². The molecule has 0 aromatic rings. The van der Waals surface area contributed by atoms with Crippen LogP contribution in [0.5, 0.6) is 0 Å². The van der Waals surface area contributed by atoms with Gasteiger partial charge in [-0.15, -0.1) is 0 Å². The standard InChI is InChI=1S/C32H62O3/c1-3-5-7-9-11-13-14-15-16-17-18-19-20-22-24-26-28-30-32(34)35-31(33)29-27-25-23-21-12-10-8-6-4-2/h3-30H2,1-2H3. The average Bonchev–Trinajstić information content (AvgIpc) is 2.85. The van der Waals surface area contributed by atoms with Gasteiger partial charge in [0.25, 0.3) is 0 Å². The number of carbonyl (C=O) groups is 2. The maximum Gasteiger partial charge on any atom is 0.313 e. The molecule has 0 aromatic heterocycles. The van der Waals surface area contributed by atoms with Crippen LogP contribution in [0.4, 0.5) is 0 Å². The summed E-state index contributed by atoms with van der Waals surface area (Å²) in [5.41, 5.74) is 0. The van der Waals surface area contributed by atoms with Crippen LogP contribution in [0, 0.1) is 0 Å². The summed E-state index contributed by atoms with van der Waals surface area (Å²) in [6, 6.07) is 0. The van der Waals surface area contributed by atoms with Crippen LogP contribution in [0.3, 0.4) is 0 Å². The fourth-order valence-corrected chi connectivity index (χ4v) is 4.80. The van der Waals surface area contributed by atoms with Gasteiger partial charge in [0, 0.05) is 12.8 Å². The summed E-state index contributed by atoms with van der Waals surface area (Å²) < 4.78 is 4.97. The van der Waals surface area contributed by atoms with Crippen molar-refractivity contribution in [2.45, 2.75) is 194 Å². The zero-order chi connectivity index (χ0) is 25.7. The molecule has 0 unspecified atom stereocenters. The van der Waals surface area contributed by atoms with E-state index >= 15 is 0 Å². The van der Waals surface area contributed by atoms with Crippen molar-refractivity contribution in [2.24, 2.45) is 0 Å². The highest BCUT2D eigenvalue weighted by molar-refractivity contribution is 5.85. The SMILES string of the molecule is CCCCCCCCCCCCCCCCCCCC(=O)OC(=O)CCCCCCCCCCC. The molecule has 0 heterocycles. The van der Waals surface area contributed by atoms with E-state index in [9.17, 15) is 9.59 Å². The third-order valence-electron chi connectivity index (χ3n) is 7.20. The fourth-order valence-electron chi connectivity index (χ4n) is 4.80. The Morgan fingerprint density at radius 1 is 0.343 bits per heavy atom. The molecule has 0 bridgehead atoms. The molecule has 0 amide bonds. The molecule has 208 valence electrons. The van der Waals surface area contributed by atoms with Crippen molar-refractivity contribution in [2.75, 3.05) is 0 Å². The Labute approximate surface area is 219 Å². The molecule has 3 heteroatoms. The van der Waals surface area contributed by atoms with Crippen LogP contribution >= 0.6 is 0 Å². The molecule has 0 aliphatic carbocycles. The van der Waals surface area contributed by atoms with Crippen LogP contribution in [0.2, 0.25) is 0 Å². The third kappa shape index (κ3) is 29.3. The molecule has 0 saturated heterocycles. The van der Waals surface area contributed by atoms with Gasteiger partial charge in [-0.2, -0.15) is 0 Å². The van der Waals surface area contributed by atoms with Crippen LogP contribution in [0.15, 0.2) is 0 Å². The molecule has 0 rings (SSSR count). The highest BCUT2D eigenvalue weighted by Gasteiger charge is 2.09. The number of hydrogen-bond donors (Lipinski definition) is 0. The van der Waals surface area contributed by atoms with E-state index in [-0.39, 0.29) is 11.9 Å². The van der Waals surface area contributed by atoms with E-state index in [0.29, 0.717) is 12.8 Å². The maximum absolute atomic E-state index is 11.8. The lowest BCUT2D eigenvalue weighted by Crippen LogP contribution is -2.11. The average molecular weight is 495 g/mol. The van der Waals surface area contributed by atoms with Gasteiger partial charge in [0.05, 0.1) is 0 Å². The van der Waals surface area contributed by atoms with Crippen molar-refractivity contribution in [1.82, 2.24) is 0 Å². The maximum atomic E-state index is 11.8. The molecule has 0 aliphatic heterocycles. The lowest BCUT2D eigenvalue weighted by Gasteiger charge is -2.05. The highest BCUT2D eigenvalue weighted by atomic mass is 16.6. The molecule has 35 heavy (non-hydrogen) atoms. The molecule has 0 N–H and O–H groups in total. The number of hydrogen-bond acceptors (Lipinski definition) is 3. The van der Waals surface area contributed by atoms with Crippen molar-refractivity contribution < 1.29 is 14.3 Å².